The average molecular weight is 370 g/mol. The van der Waals surface area contributed by atoms with Crippen LogP contribution in [0.2, 0.25) is 5.02 Å². The number of halogens is 1. The smallest absolute Gasteiger partial charge is 0.263 e. The van der Waals surface area contributed by atoms with Crippen LogP contribution in [0.25, 0.3) is 0 Å². The fourth-order valence-electron chi connectivity index (χ4n) is 2.99. The van der Waals surface area contributed by atoms with Gasteiger partial charge in [0.05, 0.1) is 16.7 Å². The van der Waals surface area contributed by atoms with E-state index >= 15 is 0 Å². The molecule has 1 saturated heterocycles. The van der Waals surface area contributed by atoms with E-state index in [0.29, 0.717) is 29.4 Å². The van der Waals surface area contributed by atoms with Crippen LogP contribution in [-0.2, 0) is 4.79 Å². The van der Waals surface area contributed by atoms with Crippen molar-refractivity contribution < 1.29 is 9.53 Å². The van der Waals surface area contributed by atoms with E-state index in [4.69, 9.17) is 21.6 Å². The minimum atomic E-state index is -0.635. The van der Waals surface area contributed by atoms with Gasteiger partial charge in [0.25, 0.3) is 5.91 Å². The molecule has 0 radical (unpaired) electrons. The molecule has 0 saturated carbocycles. The van der Waals surface area contributed by atoms with Gasteiger partial charge in [0.2, 0.25) is 0 Å². The van der Waals surface area contributed by atoms with E-state index in [-0.39, 0.29) is 5.91 Å². The number of hydrogen-bond donors (Lipinski definition) is 0. The van der Waals surface area contributed by atoms with E-state index in [1.807, 2.05) is 29.2 Å². The quantitative estimate of drug-likeness (QED) is 0.829. The number of nitriles is 1. The zero-order chi connectivity index (χ0) is 18.5. The zero-order valence-corrected chi connectivity index (χ0v) is 15.3. The van der Waals surface area contributed by atoms with Gasteiger partial charge >= 0.3 is 0 Å². The molecule has 1 amide bonds. The van der Waals surface area contributed by atoms with Gasteiger partial charge in [0, 0.05) is 31.9 Å². The summed E-state index contributed by atoms with van der Waals surface area (Å²) < 4.78 is 5.72. The molecule has 6 heteroatoms. The summed E-state index contributed by atoms with van der Waals surface area (Å²) in [5, 5.41) is 9.21. The fourth-order valence-corrected chi connectivity index (χ4v) is 3.21. The second-order valence-corrected chi connectivity index (χ2v) is 6.57. The lowest BCUT2D eigenvalue weighted by Crippen LogP contribution is -2.52. The number of carbonyl (C=O) groups excluding carboxylic acids is 1. The molecule has 2 aromatic carbocycles. The molecule has 0 bridgehead atoms. The highest BCUT2D eigenvalue weighted by Crippen LogP contribution is 2.26. The van der Waals surface area contributed by atoms with E-state index in [2.05, 4.69) is 17.0 Å². The maximum absolute atomic E-state index is 12.7. The van der Waals surface area contributed by atoms with Crippen molar-refractivity contribution in [3.8, 4) is 11.8 Å². The van der Waals surface area contributed by atoms with Crippen molar-refractivity contribution in [2.24, 2.45) is 0 Å². The summed E-state index contributed by atoms with van der Waals surface area (Å²) in [6.07, 6.45) is -0.635. The molecule has 0 aromatic heterocycles. The monoisotopic (exact) mass is 369 g/mol. The summed E-state index contributed by atoms with van der Waals surface area (Å²) in [4.78, 5) is 16.8. The van der Waals surface area contributed by atoms with Crippen LogP contribution in [0, 0.1) is 11.3 Å². The molecule has 5 nitrogen and oxygen atoms in total. The van der Waals surface area contributed by atoms with Crippen LogP contribution >= 0.6 is 11.6 Å². The van der Waals surface area contributed by atoms with E-state index in [9.17, 15) is 4.79 Å². The summed E-state index contributed by atoms with van der Waals surface area (Å²) >= 11 is 6.12. The van der Waals surface area contributed by atoms with Crippen molar-refractivity contribution in [2.75, 3.05) is 31.1 Å². The van der Waals surface area contributed by atoms with E-state index in [0.717, 1.165) is 13.1 Å². The molecule has 1 aliphatic heterocycles. The maximum atomic E-state index is 12.7. The number of carbonyl (C=O) groups is 1. The molecule has 1 aliphatic rings. The number of para-hydroxylation sites is 1. The van der Waals surface area contributed by atoms with Crippen LogP contribution in [0.3, 0.4) is 0 Å². The Hall–Kier alpha value is -2.71. The van der Waals surface area contributed by atoms with Crippen LogP contribution in [-0.4, -0.2) is 43.1 Å². The first kappa shape index (κ1) is 18.1. The third-order valence-electron chi connectivity index (χ3n) is 4.43. The van der Waals surface area contributed by atoms with Crippen LogP contribution in [0.5, 0.6) is 5.75 Å². The van der Waals surface area contributed by atoms with Crippen molar-refractivity contribution >= 4 is 23.2 Å². The highest BCUT2D eigenvalue weighted by atomic mass is 35.5. The predicted octanol–water partition coefficient (Wildman–Crippen LogP) is 3.33. The number of rotatable bonds is 4. The number of benzene rings is 2. The van der Waals surface area contributed by atoms with Crippen molar-refractivity contribution in [3.63, 3.8) is 0 Å². The van der Waals surface area contributed by atoms with Gasteiger partial charge in [-0.3, -0.25) is 4.79 Å². The minimum absolute atomic E-state index is 0.0573. The molecule has 0 unspecified atom stereocenters. The van der Waals surface area contributed by atoms with Gasteiger partial charge in [-0.25, -0.2) is 0 Å². The van der Waals surface area contributed by atoms with Crippen LogP contribution < -0.4 is 9.64 Å². The van der Waals surface area contributed by atoms with E-state index < -0.39 is 6.10 Å². The first-order chi connectivity index (χ1) is 12.6. The fraction of sp³-hybridized carbons (Fsp3) is 0.300. The Balaban J connectivity index is 1.57. The summed E-state index contributed by atoms with van der Waals surface area (Å²) in [5.41, 5.74) is 1.63. The number of piperazine rings is 1. The second-order valence-electron chi connectivity index (χ2n) is 6.16. The summed E-state index contributed by atoms with van der Waals surface area (Å²) in [7, 11) is 0. The normalized spacial score (nSPS) is 15.3. The molecule has 26 heavy (non-hydrogen) atoms. The second kappa shape index (κ2) is 8.11. The van der Waals surface area contributed by atoms with Crippen molar-refractivity contribution in [2.45, 2.75) is 13.0 Å². The minimum Gasteiger partial charge on any atom is -0.479 e. The third kappa shape index (κ3) is 4.09. The molecule has 0 N–H and O–H groups in total. The molecule has 1 heterocycles. The lowest BCUT2D eigenvalue weighted by atomic mass is 10.2. The first-order valence-electron chi connectivity index (χ1n) is 8.53. The topological polar surface area (TPSA) is 56.6 Å². The van der Waals surface area contributed by atoms with Crippen molar-refractivity contribution in [1.82, 2.24) is 4.90 Å². The number of hydrogen-bond acceptors (Lipinski definition) is 4. The Morgan fingerprint density at radius 2 is 1.85 bits per heavy atom. The van der Waals surface area contributed by atoms with Gasteiger partial charge in [-0.1, -0.05) is 29.8 Å². The van der Waals surface area contributed by atoms with Gasteiger partial charge in [-0.15, -0.1) is 0 Å². The predicted molar refractivity (Wildman–Crippen MR) is 101 cm³/mol. The van der Waals surface area contributed by atoms with E-state index in [1.54, 1.807) is 19.1 Å². The molecular weight excluding hydrogens is 350 g/mol. The molecule has 1 atom stereocenters. The van der Waals surface area contributed by atoms with Crippen LogP contribution in [0.1, 0.15) is 12.5 Å². The van der Waals surface area contributed by atoms with Crippen molar-refractivity contribution in [1.29, 1.82) is 5.26 Å². The SMILES string of the molecule is C[C@@H](Oc1ccc(C#N)cc1Cl)C(=O)N1CCN(c2ccccc2)CC1. The Morgan fingerprint density at radius 1 is 1.15 bits per heavy atom. The summed E-state index contributed by atoms with van der Waals surface area (Å²) in [6, 6.07) is 17.0. The van der Waals surface area contributed by atoms with E-state index in [1.165, 1.54) is 11.8 Å². The van der Waals surface area contributed by atoms with Gasteiger partial charge in [0.1, 0.15) is 5.75 Å². The Morgan fingerprint density at radius 3 is 2.46 bits per heavy atom. The Labute approximate surface area is 158 Å². The molecule has 134 valence electrons. The van der Waals surface area contributed by atoms with Gasteiger partial charge in [-0.2, -0.15) is 5.26 Å². The third-order valence-corrected chi connectivity index (χ3v) is 4.72. The lowest BCUT2D eigenvalue weighted by molar-refractivity contribution is -0.138. The standard InChI is InChI=1S/C20H20ClN3O2/c1-15(26-19-8-7-16(14-22)13-18(19)21)20(25)24-11-9-23(10-12-24)17-5-3-2-4-6-17/h2-8,13,15H,9-12H2,1H3/t15-/m1/s1. The molecule has 0 spiro atoms. The molecule has 1 fully saturated rings. The summed E-state index contributed by atoms with van der Waals surface area (Å²) in [6.45, 7) is 4.62. The summed E-state index contributed by atoms with van der Waals surface area (Å²) in [5.74, 6) is 0.354. The van der Waals surface area contributed by atoms with Crippen molar-refractivity contribution in [3.05, 3.63) is 59.1 Å². The highest BCUT2D eigenvalue weighted by Gasteiger charge is 2.26. The van der Waals surface area contributed by atoms with Gasteiger partial charge in [0.15, 0.2) is 6.10 Å². The first-order valence-corrected chi connectivity index (χ1v) is 8.91. The maximum Gasteiger partial charge on any atom is 0.263 e. The lowest BCUT2D eigenvalue weighted by Gasteiger charge is -2.37. The number of anilines is 1. The van der Waals surface area contributed by atoms with Gasteiger partial charge in [-0.05, 0) is 37.3 Å². The van der Waals surface area contributed by atoms with Crippen LogP contribution in [0.4, 0.5) is 5.69 Å². The molecule has 2 aromatic rings. The Bertz CT molecular complexity index is 812. The van der Waals surface area contributed by atoms with Gasteiger partial charge < -0.3 is 14.5 Å². The average Bonchev–Trinajstić information content (AvgIpc) is 2.69. The van der Waals surface area contributed by atoms with Crippen LogP contribution in [0.15, 0.2) is 48.5 Å². The number of nitrogens with zero attached hydrogens (tertiary/aromatic N) is 3. The molecular formula is C20H20ClN3O2. The largest absolute Gasteiger partial charge is 0.479 e. The molecule has 3 rings (SSSR count). The Kier molecular flexibility index (Phi) is 5.65. The number of ether oxygens (including phenoxy) is 1. The highest BCUT2D eigenvalue weighted by molar-refractivity contribution is 6.32. The number of amides is 1. The molecule has 0 aliphatic carbocycles. The zero-order valence-electron chi connectivity index (χ0n) is 14.6.